The van der Waals surface area contributed by atoms with Crippen LogP contribution in [0.3, 0.4) is 0 Å². The Morgan fingerprint density at radius 2 is 2.21 bits per heavy atom. The third kappa shape index (κ3) is 4.32. The number of hydrogen-bond acceptors (Lipinski definition) is 2. The second kappa shape index (κ2) is 7.44. The average molecular weight is 359 g/mol. The molecule has 102 valence electrons. The van der Waals surface area contributed by atoms with Gasteiger partial charge in [0.1, 0.15) is 0 Å². The summed E-state index contributed by atoms with van der Waals surface area (Å²) >= 11 is 11.4. The quantitative estimate of drug-likeness (QED) is 0.724. The number of nitrogens with one attached hydrogen (secondary N) is 1. The Balaban J connectivity index is 2.20. The molecule has 0 spiro atoms. The summed E-state index contributed by atoms with van der Waals surface area (Å²) in [7, 11) is 0. The molecule has 0 aliphatic rings. The van der Waals surface area contributed by atoms with E-state index in [4.69, 9.17) is 11.6 Å². The van der Waals surface area contributed by atoms with Crippen LogP contribution in [0.4, 0.5) is 0 Å². The van der Waals surface area contributed by atoms with E-state index in [1.807, 2.05) is 12.1 Å². The molecule has 1 N–H and O–H groups in total. The molecule has 0 aliphatic carbocycles. The molecular weight excluding hydrogens is 342 g/mol. The molecule has 1 heterocycles. The Morgan fingerprint density at radius 1 is 1.37 bits per heavy atom. The van der Waals surface area contributed by atoms with Gasteiger partial charge in [0.25, 0.3) is 0 Å². The lowest BCUT2D eigenvalue weighted by Crippen LogP contribution is -2.24. The Morgan fingerprint density at radius 3 is 2.84 bits per heavy atom. The van der Waals surface area contributed by atoms with Crippen LogP contribution >= 0.6 is 38.9 Å². The summed E-state index contributed by atoms with van der Waals surface area (Å²) in [6.45, 7) is 3.20. The summed E-state index contributed by atoms with van der Waals surface area (Å²) < 4.78 is 1.07. The van der Waals surface area contributed by atoms with Crippen LogP contribution in [0.25, 0.3) is 0 Å². The van der Waals surface area contributed by atoms with Crippen molar-refractivity contribution in [3.63, 3.8) is 0 Å². The van der Waals surface area contributed by atoms with Gasteiger partial charge in [0.2, 0.25) is 0 Å². The van der Waals surface area contributed by atoms with E-state index in [0.717, 1.165) is 28.9 Å². The maximum Gasteiger partial charge on any atom is 0.0417 e. The third-order valence-corrected chi connectivity index (χ3v) is 4.65. The topological polar surface area (TPSA) is 12.0 Å². The molecular formula is C15H17BrClNS. The van der Waals surface area contributed by atoms with Gasteiger partial charge in [-0.3, -0.25) is 0 Å². The SMILES string of the molecule is CCCNC(Cc1ccsc1)c1ccc(Cl)cc1Br. The summed E-state index contributed by atoms with van der Waals surface area (Å²) in [5.74, 6) is 0. The van der Waals surface area contributed by atoms with Gasteiger partial charge in [0.05, 0.1) is 0 Å². The van der Waals surface area contributed by atoms with Crippen molar-refractivity contribution in [1.29, 1.82) is 0 Å². The van der Waals surface area contributed by atoms with Crippen LogP contribution in [0.2, 0.25) is 5.02 Å². The molecule has 0 radical (unpaired) electrons. The number of rotatable bonds is 6. The summed E-state index contributed by atoms with van der Waals surface area (Å²) in [5, 5.41) is 8.72. The van der Waals surface area contributed by atoms with Gasteiger partial charge in [0, 0.05) is 15.5 Å². The normalized spacial score (nSPS) is 12.6. The highest BCUT2D eigenvalue weighted by Gasteiger charge is 2.15. The fourth-order valence-electron chi connectivity index (χ4n) is 2.04. The Bertz CT molecular complexity index is 513. The zero-order valence-corrected chi connectivity index (χ0v) is 14.0. The molecule has 1 atom stereocenters. The van der Waals surface area contributed by atoms with E-state index >= 15 is 0 Å². The number of thiophene rings is 1. The van der Waals surface area contributed by atoms with Crippen LogP contribution in [-0.4, -0.2) is 6.54 Å². The molecule has 1 unspecified atom stereocenters. The van der Waals surface area contributed by atoms with Gasteiger partial charge in [-0.15, -0.1) is 0 Å². The average Bonchev–Trinajstić information content (AvgIpc) is 2.88. The lowest BCUT2D eigenvalue weighted by Gasteiger charge is -2.20. The second-order valence-electron chi connectivity index (χ2n) is 4.51. The molecule has 1 nitrogen and oxygen atoms in total. The molecule has 2 aromatic rings. The highest BCUT2D eigenvalue weighted by Crippen LogP contribution is 2.29. The van der Waals surface area contributed by atoms with Gasteiger partial charge in [-0.25, -0.2) is 0 Å². The van der Waals surface area contributed by atoms with Crippen molar-refractivity contribution in [2.75, 3.05) is 6.54 Å². The van der Waals surface area contributed by atoms with Crippen molar-refractivity contribution in [2.45, 2.75) is 25.8 Å². The van der Waals surface area contributed by atoms with Crippen molar-refractivity contribution >= 4 is 38.9 Å². The first kappa shape index (κ1) is 15.0. The summed E-state index contributed by atoms with van der Waals surface area (Å²) in [6, 6.07) is 8.53. The van der Waals surface area contributed by atoms with Gasteiger partial charge in [-0.2, -0.15) is 11.3 Å². The molecule has 1 aromatic heterocycles. The van der Waals surface area contributed by atoms with Crippen LogP contribution in [0.5, 0.6) is 0 Å². The van der Waals surface area contributed by atoms with Gasteiger partial charge >= 0.3 is 0 Å². The van der Waals surface area contributed by atoms with Gasteiger partial charge < -0.3 is 5.32 Å². The smallest absolute Gasteiger partial charge is 0.0417 e. The predicted molar refractivity (Wildman–Crippen MR) is 88.2 cm³/mol. The zero-order chi connectivity index (χ0) is 13.7. The van der Waals surface area contributed by atoms with E-state index in [9.17, 15) is 0 Å². The third-order valence-electron chi connectivity index (χ3n) is 3.00. The molecule has 19 heavy (non-hydrogen) atoms. The van der Waals surface area contributed by atoms with E-state index in [2.05, 4.69) is 51.1 Å². The van der Waals surface area contributed by atoms with Crippen molar-refractivity contribution in [2.24, 2.45) is 0 Å². The first-order valence-corrected chi connectivity index (χ1v) is 8.51. The highest BCUT2D eigenvalue weighted by molar-refractivity contribution is 9.10. The second-order valence-corrected chi connectivity index (χ2v) is 6.58. The van der Waals surface area contributed by atoms with Gasteiger partial charge in [-0.1, -0.05) is 40.5 Å². The minimum absolute atomic E-state index is 0.321. The van der Waals surface area contributed by atoms with Crippen LogP contribution in [0, 0.1) is 0 Å². The van der Waals surface area contributed by atoms with Crippen LogP contribution in [0.15, 0.2) is 39.5 Å². The Labute approximate surface area is 132 Å². The van der Waals surface area contributed by atoms with E-state index < -0.39 is 0 Å². The zero-order valence-electron chi connectivity index (χ0n) is 10.8. The Hall–Kier alpha value is -0.350. The first-order valence-electron chi connectivity index (χ1n) is 6.40. The van der Waals surface area contributed by atoms with Crippen LogP contribution in [0.1, 0.15) is 30.5 Å². The molecule has 1 aromatic carbocycles. The van der Waals surface area contributed by atoms with E-state index in [0.29, 0.717) is 6.04 Å². The largest absolute Gasteiger partial charge is 0.310 e. The minimum atomic E-state index is 0.321. The van der Waals surface area contributed by atoms with E-state index in [1.165, 1.54) is 11.1 Å². The van der Waals surface area contributed by atoms with Crippen LogP contribution in [-0.2, 0) is 6.42 Å². The maximum atomic E-state index is 6.02. The fourth-order valence-corrected chi connectivity index (χ4v) is 3.68. The summed E-state index contributed by atoms with van der Waals surface area (Å²) in [4.78, 5) is 0. The van der Waals surface area contributed by atoms with Gasteiger partial charge in [-0.05, 0) is 59.5 Å². The molecule has 0 bridgehead atoms. The van der Waals surface area contributed by atoms with Crippen molar-refractivity contribution in [3.05, 3.63) is 55.6 Å². The van der Waals surface area contributed by atoms with Crippen molar-refractivity contribution in [3.8, 4) is 0 Å². The standard InChI is InChI=1S/C15H17BrClNS/c1-2-6-18-15(8-11-5-7-19-10-11)13-4-3-12(17)9-14(13)16/h3-5,7,9-10,15,18H,2,6,8H2,1H3. The van der Waals surface area contributed by atoms with E-state index in [-0.39, 0.29) is 0 Å². The molecule has 0 amide bonds. The molecule has 4 heteroatoms. The highest BCUT2D eigenvalue weighted by atomic mass is 79.9. The van der Waals surface area contributed by atoms with Crippen LogP contribution < -0.4 is 5.32 Å². The molecule has 0 saturated heterocycles. The summed E-state index contributed by atoms with van der Waals surface area (Å²) in [5.41, 5.74) is 2.64. The molecule has 2 rings (SSSR count). The van der Waals surface area contributed by atoms with Crippen molar-refractivity contribution in [1.82, 2.24) is 5.32 Å². The monoisotopic (exact) mass is 357 g/mol. The van der Waals surface area contributed by atoms with E-state index in [1.54, 1.807) is 11.3 Å². The van der Waals surface area contributed by atoms with Gasteiger partial charge in [0.15, 0.2) is 0 Å². The number of hydrogen-bond donors (Lipinski definition) is 1. The number of benzene rings is 1. The molecule has 0 saturated carbocycles. The maximum absolute atomic E-state index is 6.02. The summed E-state index contributed by atoms with van der Waals surface area (Å²) in [6.07, 6.45) is 2.13. The fraction of sp³-hybridized carbons (Fsp3) is 0.333. The first-order chi connectivity index (χ1) is 9.20. The minimum Gasteiger partial charge on any atom is -0.310 e. The Kier molecular flexibility index (Phi) is 5.89. The molecule has 0 fully saturated rings. The number of halogens is 2. The lowest BCUT2D eigenvalue weighted by atomic mass is 10.0. The van der Waals surface area contributed by atoms with Crippen molar-refractivity contribution < 1.29 is 0 Å². The predicted octanol–water partition coefficient (Wildman–Crippen LogP) is 5.45. The lowest BCUT2D eigenvalue weighted by molar-refractivity contribution is 0.528. The molecule has 0 aliphatic heterocycles.